The minimum absolute atomic E-state index is 0.0808. The highest BCUT2D eigenvalue weighted by molar-refractivity contribution is 6.31. The standard InChI is InChI=1S/C26H25ClF3NO5/c1-25(2,3)13-21(24(33)34)31-23(32)19-11-7-16-6-8-17(27)12-20(16)22(19)35-14-15-4-9-18(10-5-15)36-26(28,29)30/h4-12,21H,13-14H2,1-3H3,(H,31,32)(H,33,34)/t21-/m0/s1. The fourth-order valence-corrected chi connectivity index (χ4v) is 3.76. The average molecular weight is 524 g/mol. The summed E-state index contributed by atoms with van der Waals surface area (Å²) in [6, 6.07) is 12.3. The van der Waals surface area contributed by atoms with Crippen LogP contribution in [0, 0.1) is 5.41 Å². The van der Waals surface area contributed by atoms with E-state index in [1.165, 1.54) is 18.2 Å². The maximum absolute atomic E-state index is 13.2. The van der Waals surface area contributed by atoms with Gasteiger partial charge in [-0.25, -0.2) is 4.79 Å². The molecule has 3 aromatic rings. The van der Waals surface area contributed by atoms with Gasteiger partial charge in [0.25, 0.3) is 5.91 Å². The van der Waals surface area contributed by atoms with Crippen LogP contribution in [0.25, 0.3) is 10.8 Å². The molecule has 0 fully saturated rings. The van der Waals surface area contributed by atoms with Gasteiger partial charge in [0, 0.05) is 10.4 Å². The maximum Gasteiger partial charge on any atom is 0.573 e. The number of alkyl halides is 3. The Kier molecular flexibility index (Phi) is 8.03. The quantitative estimate of drug-likeness (QED) is 0.348. The molecule has 36 heavy (non-hydrogen) atoms. The van der Waals surface area contributed by atoms with Crippen LogP contribution in [-0.4, -0.2) is 29.4 Å². The molecule has 0 aromatic heterocycles. The summed E-state index contributed by atoms with van der Waals surface area (Å²) in [6.07, 6.45) is -4.60. The van der Waals surface area contributed by atoms with E-state index in [9.17, 15) is 27.9 Å². The zero-order valence-corrected chi connectivity index (χ0v) is 20.5. The Bertz CT molecular complexity index is 1250. The molecule has 1 atom stereocenters. The first-order valence-electron chi connectivity index (χ1n) is 11.0. The molecule has 0 saturated heterocycles. The number of carboxylic acid groups (broad SMARTS) is 1. The van der Waals surface area contributed by atoms with Crippen LogP contribution in [0.4, 0.5) is 13.2 Å². The lowest BCUT2D eigenvalue weighted by molar-refractivity contribution is -0.274. The molecule has 0 spiro atoms. The molecular weight excluding hydrogens is 499 g/mol. The number of carbonyl (C=O) groups is 2. The summed E-state index contributed by atoms with van der Waals surface area (Å²) in [5, 5.41) is 13.8. The highest BCUT2D eigenvalue weighted by atomic mass is 35.5. The van der Waals surface area contributed by atoms with Gasteiger partial charge in [0.1, 0.15) is 24.1 Å². The van der Waals surface area contributed by atoms with Crippen molar-refractivity contribution in [3.63, 3.8) is 0 Å². The largest absolute Gasteiger partial charge is 0.573 e. The first kappa shape index (κ1) is 27.1. The van der Waals surface area contributed by atoms with Gasteiger partial charge in [0.05, 0.1) is 5.56 Å². The molecule has 1 amide bonds. The van der Waals surface area contributed by atoms with Gasteiger partial charge in [0.15, 0.2) is 0 Å². The molecule has 0 aliphatic carbocycles. The van der Waals surface area contributed by atoms with E-state index in [0.717, 1.165) is 17.5 Å². The number of carbonyl (C=O) groups excluding carboxylic acids is 1. The van der Waals surface area contributed by atoms with Gasteiger partial charge in [0.2, 0.25) is 0 Å². The van der Waals surface area contributed by atoms with Crippen molar-refractivity contribution in [1.29, 1.82) is 0 Å². The van der Waals surface area contributed by atoms with Crippen LogP contribution in [0.5, 0.6) is 11.5 Å². The Morgan fingerprint density at radius 1 is 1.03 bits per heavy atom. The third kappa shape index (κ3) is 7.52. The van der Waals surface area contributed by atoms with Gasteiger partial charge in [-0.1, -0.05) is 56.6 Å². The highest BCUT2D eigenvalue weighted by Crippen LogP contribution is 2.33. The molecule has 0 heterocycles. The summed E-state index contributed by atoms with van der Waals surface area (Å²) in [7, 11) is 0. The van der Waals surface area contributed by atoms with E-state index in [1.54, 1.807) is 24.3 Å². The molecular formula is C26H25ClF3NO5. The Morgan fingerprint density at radius 3 is 2.25 bits per heavy atom. The molecule has 0 aliphatic heterocycles. The van der Waals surface area contributed by atoms with Crippen LogP contribution in [0.1, 0.15) is 43.1 Å². The monoisotopic (exact) mass is 523 g/mol. The third-order valence-electron chi connectivity index (χ3n) is 5.14. The van der Waals surface area contributed by atoms with Crippen molar-refractivity contribution in [1.82, 2.24) is 5.32 Å². The summed E-state index contributed by atoms with van der Waals surface area (Å²) in [6.45, 7) is 5.52. The number of hydrogen-bond acceptors (Lipinski definition) is 4. The van der Waals surface area contributed by atoms with Crippen molar-refractivity contribution in [2.24, 2.45) is 5.41 Å². The highest BCUT2D eigenvalue weighted by Gasteiger charge is 2.31. The van der Waals surface area contributed by atoms with Gasteiger partial charge in [-0.2, -0.15) is 0 Å². The Labute approximate surface area is 211 Å². The first-order valence-corrected chi connectivity index (χ1v) is 11.3. The summed E-state index contributed by atoms with van der Waals surface area (Å²) >= 11 is 6.17. The van der Waals surface area contributed by atoms with Crippen LogP contribution in [0.3, 0.4) is 0 Å². The molecule has 0 saturated carbocycles. The molecule has 6 nitrogen and oxygen atoms in total. The predicted molar refractivity (Wildman–Crippen MR) is 129 cm³/mol. The number of benzene rings is 3. The van der Waals surface area contributed by atoms with Gasteiger partial charge >= 0.3 is 12.3 Å². The van der Waals surface area contributed by atoms with Crippen LogP contribution in [-0.2, 0) is 11.4 Å². The van der Waals surface area contributed by atoms with Crippen molar-refractivity contribution >= 4 is 34.2 Å². The fraction of sp³-hybridized carbons (Fsp3) is 0.308. The second kappa shape index (κ2) is 10.7. The lowest BCUT2D eigenvalue weighted by atomic mass is 9.88. The van der Waals surface area contributed by atoms with Gasteiger partial charge in [-0.05, 0) is 53.1 Å². The number of carboxylic acids is 1. The molecule has 2 N–H and O–H groups in total. The average Bonchev–Trinajstić information content (AvgIpc) is 2.75. The second-order valence-corrected chi connectivity index (χ2v) is 9.85. The summed E-state index contributed by atoms with van der Waals surface area (Å²) in [5.41, 5.74) is 0.266. The predicted octanol–water partition coefficient (Wildman–Crippen LogP) is 6.59. The minimum atomic E-state index is -4.80. The molecule has 3 rings (SSSR count). The number of aliphatic carboxylic acids is 1. The van der Waals surface area contributed by atoms with Crippen LogP contribution < -0.4 is 14.8 Å². The van der Waals surface area contributed by atoms with Gasteiger partial charge < -0.3 is 19.9 Å². The summed E-state index contributed by atoms with van der Waals surface area (Å²) in [4.78, 5) is 24.9. The molecule has 3 aromatic carbocycles. The van der Waals surface area contributed by atoms with Gasteiger partial charge in [-0.15, -0.1) is 13.2 Å². The number of halogens is 4. The Hall–Kier alpha value is -3.46. The molecule has 10 heteroatoms. The molecule has 192 valence electrons. The second-order valence-electron chi connectivity index (χ2n) is 9.42. The van der Waals surface area contributed by atoms with Crippen molar-refractivity contribution in [2.75, 3.05) is 0 Å². The number of ether oxygens (including phenoxy) is 2. The number of nitrogens with one attached hydrogen (secondary N) is 1. The van der Waals surface area contributed by atoms with Crippen LogP contribution in [0.2, 0.25) is 5.02 Å². The smallest absolute Gasteiger partial charge is 0.487 e. The molecule has 0 aliphatic rings. The van der Waals surface area contributed by atoms with E-state index < -0.39 is 24.3 Å². The fourth-order valence-electron chi connectivity index (χ4n) is 3.59. The molecule has 0 radical (unpaired) electrons. The lowest BCUT2D eigenvalue weighted by Crippen LogP contribution is -2.43. The minimum Gasteiger partial charge on any atom is -0.487 e. The van der Waals surface area contributed by atoms with Gasteiger partial charge in [-0.3, -0.25) is 4.79 Å². The number of hydrogen-bond donors (Lipinski definition) is 2. The summed E-state index contributed by atoms with van der Waals surface area (Å²) in [5.74, 6) is -2.01. The van der Waals surface area contributed by atoms with Crippen LogP contribution in [0.15, 0.2) is 54.6 Å². The van der Waals surface area contributed by atoms with E-state index in [-0.39, 0.29) is 35.5 Å². The number of fused-ring (bicyclic) bond motifs is 1. The Balaban J connectivity index is 1.91. The normalized spacial score (nSPS) is 12.8. The zero-order valence-electron chi connectivity index (χ0n) is 19.8. The van der Waals surface area contributed by atoms with Crippen molar-refractivity contribution < 1.29 is 37.3 Å². The number of amides is 1. The Morgan fingerprint density at radius 2 is 1.67 bits per heavy atom. The van der Waals surface area contributed by atoms with Crippen LogP contribution >= 0.6 is 11.6 Å². The van der Waals surface area contributed by atoms with E-state index in [1.807, 2.05) is 20.8 Å². The zero-order chi connectivity index (χ0) is 26.7. The maximum atomic E-state index is 13.2. The number of rotatable bonds is 8. The van der Waals surface area contributed by atoms with E-state index >= 15 is 0 Å². The first-order chi connectivity index (χ1) is 16.7. The van der Waals surface area contributed by atoms with E-state index in [2.05, 4.69) is 10.1 Å². The lowest BCUT2D eigenvalue weighted by Gasteiger charge is -2.24. The molecule has 0 unspecified atom stereocenters. The summed E-state index contributed by atoms with van der Waals surface area (Å²) < 4.78 is 47.1. The topological polar surface area (TPSA) is 84.9 Å². The van der Waals surface area contributed by atoms with E-state index in [4.69, 9.17) is 16.3 Å². The van der Waals surface area contributed by atoms with E-state index in [0.29, 0.717) is 16.0 Å². The van der Waals surface area contributed by atoms with Crippen molar-refractivity contribution in [3.8, 4) is 11.5 Å². The SMILES string of the molecule is CC(C)(C)C[C@H](NC(=O)c1ccc2ccc(Cl)cc2c1OCc1ccc(OC(F)(F)F)cc1)C(=O)O. The van der Waals surface area contributed by atoms with Crippen molar-refractivity contribution in [3.05, 3.63) is 70.7 Å². The third-order valence-corrected chi connectivity index (χ3v) is 5.37. The molecule has 0 bridgehead atoms. The van der Waals surface area contributed by atoms with Crippen molar-refractivity contribution in [2.45, 2.75) is 46.2 Å².